The van der Waals surface area contributed by atoms with Crippen molar-refractivity contribution in [2.24, 2.45) is 0 Å². The van der Waals surface area contributed by atoms with Crippen LogP contribution in [-0.2, 0) is 23.7 Å². The summed E-state index contributed by atoms with van der Waals surface area (Å²) in [6, 6.07) is 0. The van der Waals surface area contributed by atoms with Crippen molar-refractivity contribution in [2.75, 3.05) is 20.3 Å². The first-order valence-corrected chi connectivity index (χ1v) is 6.69. The minimum atomic E-state index is -0.572. The summed E-state index contributed by atoms with van der Waals surface area (Å²) in [5.41, 5.74) is 0. The molecule has 0 amide bonds. The molecule has 4 atom stereocenters. The van der Waals surface area contributed by atoms with Crippen LogP contribution in [0.15, 0.2) is 0 Å². The van der Waals surface area contributed by atoms with E-state index in [9.17, 15) is 0 Å². The number of ether oxygens (including phenoxy) is 5. The third-order valence-corrected chi connectivity index (χ3v) is 3.26. The fourth-order valence-electron chi connectivity index (χ4n) is 2.41. The van der Waals surface area contributed by atoms with E-state index in [-0.39, 0.29) is 24.6 Å². The second-order valence-corrected chi connectivity index (χ2v) is 5.27. The van der Waals surface area contributed by atoms with Gasteiger partial charge in [-0.1, -0.05) is 13.3 Å². The maximum atomic E-state index is 5.87. The molecule has 2 rings (SSSR count). The predicted octanol–water partition coefficient (Wildman–Crippen LogP) is 1.69. The first kappa shape index (κ1) is 14.2. The third-order valence-electron chi connectivity index (χ3n) is 3.26. The van der Waals surface area contributed by atoms with Crippen molar-refractivity contribution in [3.8, 4) is 0 Å². The summed E-state index contributed by atoms with van der Waals surface area (Å²) >= 11 is 0. The zero-order chi connectivity index (χ0) is 13.2. The molecule has 5 heteroatoms. The van der Waals surface area contributed by atoms with E-state index in [0.29, 0.717) is 6.61 Å². The Kier molecular flexibility index (Phi) is 4.61. The smallest absolute Gasteiger partial charge is 0.186 e. The average Bonchev–Trinajstić information content (AvgIpc) is 2.78. The second kappa shape index (κ2) is 5.84. The molecule has 18 heavy (non-hydrogen) atoms. The van der Waals surface area contributed by atoms with Gasteiger partial charge in [0.25, 0.3) is 0 Å². The normalized spacial score (nSPS) is 38.0. The molecular formula is C13H24O5. The van der Waals surface area contributed by atoms with E-state index >= 15 is 0 Å². The Bertz CT molecular complexity index is 268. The van der Waals surface area contributed by atoms with Gasteiger partial charge in [-0.3, -0.25) is 0 Å². The van der Waals surface area contributed by atoms with E-state index in [0.717, 1.165) is 19.4 Å². The first-order chi connectivity index (χ1) is 8.57. The standard InChI is InChI=1S/C13H24O5/c1-5-6-7-15-8-9-10-11(12(14-4)16-9)18-13(2,3)17-10/h9-12H,5-8H2,1-4H3/t9-,10-,11-,12?/m1/s1. The molecule has 0 radical (unpaired) electrons. The van der Waals surface area contributed by atoms with Gasteiger partial charge >= 0.3 is 0 Å². The van der Waals surface area contributed by atoms with Crippen molar-refractivity contribution < 1.29 is 23.7 Å². The van der Waals surface area contributed by atoms with Crippen LogP contribution in [0.4, 0.5) is 0 Å². The van der Waals surface area contributed by atoms with Crippen LogP contribution < -0.4 is 0 Å². The number of hydrogen-bond acceptors (Lipinski definition) is 5. The largest absolute Gasteiger partial charge is 0.379 e. The van der Waals surface area contributed by atoms with E-state index in [1.54, 1.807) is 7.11 Å². The molecule has 2 saturated heterocycles. The van der Waals surface area contributed by atoms with Crippen LogP contribution in [0.5, 0.6) is 0 Å². The lowest BCUT2D eigenvalue weighted by atomic mass is 10.1. The van der Waals surface area contributed by atoms with Crippen molar-refractivity contribution in [2.45, 2.75) is 64.0 Å². The fourth-order valence-corrected chi connectivity index (χ4v) is 2.41. The highest BCUT2D eigenvalue weighted by molar-refractivity contribution is 4.94. The van der Waals surface area contributed by atoms with Crippen LogP contribution >= 0.6 is 0 Å². The van der Waals surface area contributed by atoms with E-state index in [1.807, 2.05) is 13.8 Å². The highest BCUT2D eigenvalue weighted by Gasteiger charge is 2.55. The maximum Gasteiger partial charge on any atom is 0.186 e. The highest BCUT2D eigenvalue weighted by Crippen LogP contribution is 2.38. The fraction of sp³-hybridized carbons (Fsp3) is 1.00. The van der Waals surface area contributed by atoms with Gasteiger partial charge in [-0.15, -0.1) is 0 Å². The molecule has 0 aromatic heterocycles. The molecule has 0 aromatic carbocycles. The lowest BCUT2D eigenvalue weighted by Gasteiger charge is -2.23. The molecule has 0 bridgehead atoms. The summed E-state index contributed by atoms with van der Waals surface area (Å²) in [5.74, 6) is -0.572. The van der Waals surface area contributed by atoms with Gasteiger partial charge in [0.15, 0.2) is 12.1 Å². The Hall–Kier alpha value is -0.200. The lowest BCUT2D eigenvalue weighted by molar-refractivity contribution is -0.231. The molecule has 0 saturated carbocycles. The van der Waals surface area contributed by atoms with Gasteiger partial charge in [0.05, 0.1) is 6.61 Å². The number of unbranched alkanes of at least 4 members (excludes halogenated alkanes) is 1. The molecule has 2 aliphatic heterocycles. The van der Waals surface area contributed by atoms with Crippen molar-refractivity contribution in [1.29, 1.82) is 0 Å². The zero-order valence-corrected chi connectivity index (χ0v) is 11.7. The van der Waals surface area contributed by atoms with Gasteiger partial charge < -0.3 is 23.7 Å². The predicted molar refractivity (Wildman–Crippen MR) is 65.2 cm³/mol. The Balaban J connectivity index is 1.88. The molecule has 1 unspecified atom stereocenters. The van der Waals surface area contributed by atoms with E-state index in [1.165, 1.54) is 0 Å². The minimum absolute atomic E-state index is 0.105. The molecule has 0 aliphatic carbocycles. The summed E-state index contributed by atoms with van der Waals surface area (Å²) in [4.78, 5) is 0. The Morgan fingerprint density at radius 1 is 1.17 bits per heavy atom. The zero-order valence-electron chi connectivity index (χ0n) is 11.7. The Morgan fingerprint density at radius 2 is 1.89 bits per heavy atom. The molecular weight excluding hydrogens is 236 g/mol. The van der Waals surface area contributed by atoms with Crippen molar-refractivity contribution in [1.82, 2.24) is 0 Å². The van der Waals surface area contributed by atoms with Crippen LogP contribution in [0.1, 0.15) is 33.6 Å². The van der Waals surface area contributed by atoms with Crippen LogP contribution in [0, 0.1) is 0 Å². The quantitative estimate of drug-likeness (QED) is 0.680. The van der Waals surface area contributed by atoms with Gasteiger partial charge in [-0.25, -0.2) is 0 Å². The Morgan fingerprint density at radius 3 is 2.56 bits per heavy atom. The first-order valence-electron chi connectivity index (χ1n) is 6.69. The van der Waals surface area contributed by atoms with Gasteiger partial charge in [-0.2, -0.15) is 0 Å². The van der Waals surface area contributed by atoms with Gasteiger partial charge in [0.2, 0.25) is 0 Å². The molecule has 2 fully saturated rings. The van der Waals surface area contributed by atoms with Crippen LogP contribution in [0.2, 0.25) is 0 Å². The molecule has 0 aromatic rings. The minimum Gasteiger partial charge on any atom is -0.379 e. The van der Waals surface area contributed by atoms with E-state index in [4.69, 9.17) is 23.7 Å². The Labute approximate surface area is 109 Å². The average molecular weight is 260 g/mol. The molecule has 106 valence electrons. The molecule has 0 N–H and O–H groups in total. The van der Waals surface area contributed by atoms with Crippen LogP contribution in [-0.4, -0.2) is 50.7 Å². The van der Waals surface area contributed by atoms with Crippen molar-refractivity contribution in [3.63, 3.8) is 0 Å². The third kappa shape index (κ3) is 3.03. The number of hydrogen-bond donors (Lipinski definition) is 0. The number of methoxy groups -OCH3 is 1. The summed E-state index contributed by atoms with van der Waals surface area (Å²) in [7, 11) is 1.62. The highest BCUT2D eigenvalue weighted by atomic mass is 16.8. The van der Waals surface area contributed by atoms with E-state index < -0.39 is 5.79 Å². The summed E-state index contributed by atoms with van der Waals surface area (Å²) in [5, 5.41) is 0. The van der Waals surface area contributed by atoms with Gasteiger partial charge in [0.1, 0.15) is 18.3 Å². The molecule has 2 heterocycles. The summed E-state index contributed by atoms with van der Waals surface area (Å²) in [6.45, 7) is 7.25. The van der Waals surface area contributed by atoms with Crippen molar-refractivity contribution in [3.05, 3.63) is 0 Å². The second-order valence-electron chi connectivity index (χ2n) is 5.27. The topological polar surface area (TPSA) is 46.2 Å². The molecule has 0 spiro atoms. The van der Waals surface area contributed by atoms with Gasteiger partial charge in [0, 0.05) is 13.7 Å². The summed E-state index contributed by atoms with van der Waals surface area (Å²) in [6.07, 6.45) is 1.45. The van der Waals surface area contributed by atoms with Gasteiger partial charge in [-0.05, 0) is 20.3 Å². The number of fused-ring (bicyclic) bond motifs is 1. The molecule has 2 aliphatic rings. The van der Waals surface area contributed by atoms with E-state index in [2.05, 4.69) is 6.92 Å². The SMILES string of the molecule is CCCCOC[C@H]1OC(OC)[C@@H]2OC(C)(C)O[C@H]12. The van der Waals surface area contributed by atoms with Crippen molar-refractivity contribution >= 4 is 0 Å². The maximum absolute atomic E-state index is 5.87. The van der Waals surface area contributed by atoms with Crippen LogP contribution in [0.25, 0.3) is 0 Å². The number of rotatable bonds is 6. The summed E-state index contributed by atoms with van der Waals surface area (Å²) < 4.78 is 28.3. The molecule has 5 nitrogen and oxygen atoms in total. The monoisotopic (exact) mass is 260 g/mol. The lowest BCUT2D eigenvalue weighted by Crippen LogP contribution is -2.33. The van der Waals surface area contributed by atoms with Crippen LogP contribution in [0.3, 0.4) is 0 Å².